The van der Waals surface area contributed by atoms with E-state index >= 15 is 0 Å². The van der Waals surface area contributed by atoms with Gasteiger partial charge in [-0.05, 0) is 48.7 Å². The summed E-state index contributed by atoms with van der Waals surface area (Å²) in [5.74, 6) is 0.0534. The summed E-state index contributed by atoms with van der Waals surface area (Å²) >= 11 is 1.24. The van der Waals surface area contributed by atoms with Gasteiger partial charge in [0.1, 0.15) is 6.61 Å². The lowest BCUT2D eigenvalue weighted by molar-refractivity contribution is -0.136. The molecule has 0 radical (unpaired) electrons. The molecule has 1 atom stereocenters. The molecule has 1 aliphatic rings. The van der Waals surface area contributed by atoms with Crippen LogP contribution >= 0.6 is 11.3 Å². The van der Waals surface area contributed by atoms with Crippen molar-refractivity contribution in [2.24, 2.45) is 4.99 Å². The molecule has 0 amide bonds. The molecule has 2 heterocycles. The highest BCUT2D eigenvalue weighted by Crippen LogP contribution is 2.33. The number of para-hydroxylation sites is 1. The standard InChI is InChI=1S/C34H32N2O7S/c1-5-25-28(33(39)41-4)29(22-11-8-7-9-12-22)36-31(37)27(44-34(36)35-25)19-24-13-10-14-26(40-3)30(24)43-20-21-15-17-23(18-16-21)32(38)42-6-2/h7-19,29H,5-6,20H2,1-4H3/b27-19+/t29-/m1/s1. The summed E-state index contributed by atoms with van der Waals surface area (Å²) in [6, 6.07) is 21.1. The van der Waals surface area contributed by atoms with Crippen LogP contribution in [0.3, 0.4) is 0 Å². The van der Waals surface area contributed by atoms with Crippen LogP contribution in [0.5, 0.6) is 11.5 Å². The number of allylic oxidation sites excluding steroid dienone is 1. The molecule has 3 aromatic carbocycles. The van der Waals surface area contributed by atoms with E-state index in [4.69, 9.17) is 23.9 Å². The summed E-state index contributed by atoms with van der Waals surface area (Å²) in [6.07, 6.45) is 2.24. The van der Waals surface area contributed by atoms with Gasteiger partial charge in [-0.2, -0.15) is 0 Å². The topological polar surface area (TPSA) is 105 Å². The Morgan fingerprint density at radius 3 is 2.36 bits per heavy atom. The van der Waals surface area contributed by atoms with Crippen molar-refractivity contribution in [1.29, 1.82) is 0 Å². The van der Waals surface area contributed by atoms with Gasteiger partial charge in [-0.3, -0.25) is 9.36 Å². The van der Waals surface area contributed by atoms with Crippen molar-refractivity contribution in [1.82, 2.24) is 4.57 Å². The number of nitrogens with zero attached hydrogens (tertiary/aromatic N) is 2. The number of benzene rings is 3. The molecule has 1 aromatic heterocycles. The van der Waals surface area contributed by atoms with E-state index in [2.05, 4.69) is 0 Å². The number of rotatable bonds is 10. The lowest BCUT2D eigenvalue weighted by atomic mass is 9.95. The molecule has 4 aromatic rings. The van der Waals surface area contributed by atoms with Gasteiger partial charge in [-0.1, -0.05) is 72.9 Å². The Bertz CT molecular complexity index is 1890. The average molecular weight is 613 g/mol. The van der Waals surface area contributed by atoms with Gasteiger partial charge >= 0.3 is 11.9 Å². The summed E-state index contributed by atoms with van der Waals surface area (Å²) in [6.45, 7) is 4.18. The van der Waals surface area contributed by atoms with E-state index < -0.39 is 12.0 Å². The average Bonchev–Trinajstić information content (AvgIpc) is 3.37. The van der Waals surface area contributed by atoms with Crippen LogP contribution in [0.1, 0.15) is 53.4 Å². The first-order valence-corrected chi connectivity index (χ1v) is 15.0. The van der Waals surface area contributed by atoms with Gasteiger partial charge in [0.2, 0.25) is 0 Å². The summed E-state index contributed by atoms with van der Waals surface area (Å²) in [5, 5.41) is 0. The van der Waals surface area contributed by atoms with Crippen molar-refractivity contribution < 1.29 is 28.5 Å². The third kappa shape index (κ3) is 6.07. The molecule has 44 heavy (non-hydrogen) atoms. The van der Waals surface area contributed by atoms with E-state index in [1.165, 1.54) is 18.4 Å². The largest absolute Gasteiger partial charge is 0.493 e. The Morgan fingerprint density at radius 1 is 0.955 bits per heavy atom. The van der Waals surface area contributed by atoms with Crippen LogP contribution in [-0.2, 0) is 20.9 Å². The molecule has 5 rings (SSSR count). The number of methoxy groups -OCH3 is 2. The van der Waals surface area contributed by atoms with Gasteiger partial charge in [0.05, 0.1) is 48.2 Å². The molecule has 0 saturated heterocycles. The van der Waals surface area contributed by atoms with Crippen molar-refractivity contribution in [3.63, 3.8) is 0 Å². The maximum Gasteiger partial charge on any atom is 0.338 e. The predicted octanol–water partition coefficient (Wildman–Crippen LogP) is 4.56. The molecule has 1 aliphatic heterocycles. The Balaban J connectivity index is 1.56. The number of thiazole rings is 1. The smallest absolute Gasteiger partial charge is 0.338 e. The minimum Gasteiger partial charge on any atom is -0.493 e. The molecule has 0 aliphatic carbocycles. The second kappa shape index (κ2) is 13.6. The number of esters is 2. The van der Waals surface area contributed by atoms with Gasteiger partial charge in [0, 0.05) is 5.56 Å². The van der Waals surface area contributed by atoms with Crippen LogP contribution in [-0.4, -0.2) is 37.3 Å². The number of hydrogen-bond acceptors (Lipinski definition) is 9. The lowest BCUT2D eigenvalue weighted by Crippen LogP contribution is -2.40. The van der Waals surface area contributed by atoms with Crippen LogP contribution in [0.15, 0.2) is 93.9 Å². The second-order valence-corrected chi connectivity index (χ2v) is 10.8. The predicted molar refractivity (Wildman–Crippen MR) is 167 cm³/mol. The van der Waals surface area contributed by atoms with Gasteiger partial charge in [0.25, 0.3) is 5.56 Å². The Hall–Kier alpha value is -4.96. The number of ether oxygens (including phenoxy) is 4. The highest BCUT2D eigenvalue weighted by Gasteiger charge is 2.33. The zero-order valence-corrected chi connectivity index (χ0v) is 25.7. The van der Waals surface area contributed by atoms with Crippen molar-refractivity contribution in [2.75, 3.05) is 20.8 Å². The van der Waals surface area contributed by atoms with Gasteiger partial charge in [0.15, 0.2) is 16.3 Å². The highest BCUT2D eigenvalue weighted by atomic mass is 32.1. The fourth-order valence-corrected chi connectivity index (χ4v) is 6.04. The summed E-state index contributed by atoms with van der Waals surface area (Å²) < 4.78 is 24.0. The van der Waals surface area contributed by atoms with Crippen LogP contribution in [0, 0.1) is 0 Å². The molecule has 0 fully saturated rings. The zero-order chi connectivity index (χ0) is 31.2. The van der Waals surface area contributed by atoms with Crippen LogP contribution in [0.25, 0.3) is 6.08 Å². The Kier molecular flexibility index (Phi) is 9.40. The Morgan fingerprint density at radius 2 is 1.70 bits per heavy atom. The van der Waals surface area contributed by atoms with E-state index in [0.29, 0.717) is 56.3 Å². The minimum absolute atomic E-state index is 0.196. The maximum atomic E-state index is 14.0. The first-order valence-electron chi connectivity index (χ1n) is 14.1. The third-order valence-electron chi connectivity index (χ3n) is 7.13. The van der Waals surface area contributed by atoms with Crippen molar-refractivity contribution in [3.8, 4) is 11.5 Å². The van der Waals surface area contributed by atoms with E-state index in [0.717, 1.165) is 11.1 Å². The summed E-state index contributed by atoms with van der Waals surface area (Å²) in [4.78, 5) is 44.3. The molecule has 226 valence electrons. The molecule has 10 heteroatoms. The number of fused-ring (bicyclic) bond motifs is 1. The molecular formula is C34H32N2O7S. The fraction of sp³-hybridized carbons (Fsp3) is 0.235. The minimum atomic E-state index is -0.685. The van der Waals surface area contributed by atoms with Crippen LogP contribution < -0.4 is 24.4 Å². The molecule has 0 bridgehead atoms. The first kappa shape index (κ1) is 30.5. The monoisotopic (exact) mass is 612 g/mol. The van der Waals surface area contributed by atoms with Crippen molar-refractivity contribution >= 4 is 29.4 Å². The van der Waals surface area contributed by atoms with Crippen molar-refractivity contribution in [3.05, 3.63) is 126 Å². The van der Waals surface area contributed by atoms with E-state index in [-0.39, 0.29) is 18.1 Å². The summed E-state index contributed by atoms with van der Waals surface area (Å²) in [7, 11) is 2.88. The maximum absolute atomic E-state index is 14.0. The highest BCUT2D eigenvalue weighted by molar-refractivity contribution is 7.07. The normalized spacial score (nSPS) is 14.5. The number of aromatic nitrogens is 1. The van der Waals surface area contributed by atoms with Gasteiger partial charge in [-0.15, -0.1) is 0 Å². The fourth-order valence-electron chi connectivity index (χ4n) is 5.02. The molecule has 0 N–H and O–H groups in total. The molecule has 0 saturated carbocycles. The lowest BCUT2D eigenvalue weighted by Gasteiger charge is -2.25. The Labute approximate surface area is 258 Å². The molecule has 0 spiro atoms. The SMILES string of the molecule is CCOC(=O)c1ccc(COc2c(/C=c3/sc4n(c3=O)[C@H](c3ccccc3)C(C(=O)OC)=C(CC)N=4)cccc2OC)cc1. The van der Waals surface area contributed by atoms with E-state index in [1.54, 1.807) is 55.0 Å². The number of carbonyl (C=O) groups is 2. The summed E-state index contributed by atoms with van der Waals surface area (Å²) in [5.41, 5.74) is 3.34. The van der Waals surface area contributed by atoms with Crippen molar-refractivity contribution in [2.45, 2.75) is 32.9 Å². The van der Waals surface area contributed by atoms with E-state index in [9.17, 15) is 14.4 Å². The van der Waals surface area contributed by atoms with E-state index in [1.807, 2.05) is 49.4 Å². The quantitative estimate of drug-likeness (QED) is 0.242. The molecule has 9 nitrogen and oxygen atoms in total. The zero-order valence-electron chi connectivity index (χ0n) is 24.9. The third-order valence-corrected chi connectivity index (χ3v) is 8.11. The van der Waals surface area contributed by atoms with Gasteiger partial charge < -0.3 is 18.9 Å². The molecule has 0 unspecified atom stereocenters. The number of hydrogen-bond donors (Lipinski definition) is 0. The molecular weight excluding hydrogens is 580 g/mol. The second-order valence-electron chi connectivity index (χ2n) is 9.78. The number of carbonyl (C=O) groups excluding carboxylic acids is 2. The van der Waals surface area contributed by atoms with Crippen LogP contribution in [0.2, 0.25) is 0 Å². The first-order chi connectivity index (χ1) is 21.4. The van der Waals surface area contributed by atoms with Gasteiger partial charge in [-0.25, -0.2) is 14.6 Å². The van der Waals surface area contributed by atoms with Crippen LogP contribution in [0.4, 0.5) is 0 Å².